The molecule has 14 aromatic carbocycles. The number of carbonyl (C=O) groups excluding carboxylic acids is 8. The summed E-state index contributed by atoms with van der Waals surface area (Å²) in [5.74, 6) is -4.15. The van der Waals surface area contributed by atoms with Crippen LogP contribution in [0.3, 0.4) is 0 Å². The maximum Gasteiger partial charge on any atom is 0.266 e. The lowest BCUT2D eigenvalue weighted by molar-refractivity contribution is 0.0845. The zero-order chi connectivity index (χ0) is 63.3. The Morgan fingerprint density at radius 2 is 0.457 bits per heavy atom. The van der Waals surface area contributed by atoms with E-state index in [1.165, 1.54) is 14.7 Å². The molecule has 92 heavy (non-hydrogen) atoms. The van der Waals surface area contributed by atoms with Gasteiger partial charge in [0.05, 0.1) is 17.1 Å². The van der Waals surface area contributed by atoms with Gasteiger partial charge in [-0.25, -0.2) is 14.7 Å². The van der Waals surface area contributed by atoms with E-state index in [-0.39, 0.29) is 23.4 Å². The van der Waals surface area contributed by atoms with Gasteiger partial charge < -0.3 is 0 Å². The summed E-state index contributed by atoms with van der Waals surface area (Å²) in [4.78, 5) is 122. The van der Waals surface area contributed by atoms with Crippen molar-refractivity contribution in [3.8, 4) is 11.1 Å². The molecule has 0 radical (unpaired) electrons. The number of carbonyl (C=O) groups is 8. The second-order valence-electron chi connectivity index (χ2n) is 25.7. The summed E-state index contributed by atoms with van der Waals surface area (Å²) in [5, 5.41) is 11.9. The third-order valence-corrected chi connectivity index (χ3v) is 20.7. The number of para-hydroxylation sites is 2. The highest BCUT2D eigenvalue weighted by Gasteiger charge is 2.43. The number of ketones is 2. The van der Waals surface area contributed by atoms with E-state index in [0.29, 0.717) is 99.8 Å². The molecule has 0 saturated carbocycles. The zero-order valence-electron chi connectivity index (χ0n) is 51.2. The van der Waals surface area contributed by atoms with Crippen molar-refractivity contribution in [1.29, 1.82) is 0 Å². The molecule has 0 aromatic heterocycles. The number of anilines is 3. The minimum atomic E-state index is -1.11. The van der Waals surface area contributed by atoms with Crippen LogP contribution in [0.1, 0.15) is 139 Å². The third kappa shape index (κ3) is 6.53. The van der Waals surface area contributed by atoms with E-state index in [2.05, 4.69) is 0 Å². The number of fused-ring (bicyclic) bond motifs is 4. The van der Waals surface area contributed by atoms with Crippen LogP contribution in [0.15, 0.2) is 158 Å². The summed E-state index contributed by atoms with van der Waals surface area (Å²) in [5.41, 5.74) is 13.5. The number of hydrogen-bond donors (Lipinski definition) is 0. The second-order valence-corrected chi connectivity index (χ2v) is 25.7. The number of rotatable bonds is 5. The number of Topliss-reactive ketones (excluding diaryl/α,β-unsaturated/α-hetero) is 2. The van der Waals surface area contributed by atoms with Crippen LogP contribution in [0.5, 0.6) is 0 Å². The first-order chi connectivity index (χ1) is 44.3. The van der Waals surface area contributed by atoms with Crippen LogP contribution in [0.25, 0.3) is 97.3 Å². The summed E-state index contributed by atoms with van der Waals surface area (Å²) in [6, 6.07) is 49.1. The fourth-order valence-electron chi connectivity index (χ4n) is 16.9. The molecular formula is C81H51N3O8. The number of amides is 6. The Morgan fingerprint density at radius 1 is 0.239 bits per heavy atom. The molecular weight excluding hydrogens is 1140 g/mol. The quantitative estimate of drug-likeness (QED) is 0.0716. The number of aryl methyl sites for hydroxylation is 8. The van der Waals surface area contributed by atoms with Gasteiger partial charge in [-0.2, -0.15) is 0 Å². The van der Waals surface area contributed by atoms with Crippen molar-refractivity contribution in [1.82, 2.24) is 0 Å². The van der Waals surface area contributed by atoms with Gasteiger partial charge in [-0.05, 0) is 230 Å². The molecule has 6 amide bonds. The Bertz CT molecular complexity index is 5370. The molecule has 0 atom stereocenters. The molecule has 3 heterocycles. The van der Waals surface area contributed by atoms with Crippen molar-refractivity contribution in [2.24, 2.45) is 0 Å². The predicted molar refractivity (Wildman–Crippen MR) is 363 cm³/mol. The van der Waals surface area contributed by atoms with Gasteiger partial charge in [0.25, 0.3) is 35.4 Å². The van der Waals surface area contributed by atoms with Crippen LogP contribution in [0, 0.1) is 55.4 Å². The first-order valence-corrected chi connectivity index (χ1v) is 30.8. The predicted octanol–water partition coefficient (Wildman–Crippen LogP) is 17.5. The van der Waals surface area contributed by atoms with E-state index < -0.39 is 29.5 Å². The highest BCUT2D eigenvalue weighted by atomic mass is 16.2. The summed E-state index contributed by atoms with van der Waals surface area (Å²) in [6.07, 6.45) is 0. The van der Waals surface area contributed by atoms with E-state index in [9.17, 15) is 19.2 Å². The molecule has 438 valence electrons. The number of benzene rings is 14. The van der Waals surface area contributed by atoms with Gasteiger partial charge in [-0.3, -0.25) is 38.4 Å². The van der Waals surface area contributed by atoms with E-state index >= 15 is 19.2 Å². The largest absolute Gasteiger partial charge is 0.293 e. The molecule has 11 heteroatoms. The summed E-state index contributed by atoms with van der Waals surface area (Å²) in [6.45, 7) is 15.2. The summed E-state index contributed by atoms with van der Waals surface area (Å²) >= 11 is 0. The number of nitrogens with zero attached hydrogens (tertiary/aromatic N) is 3. The van der Waals surface area contributed by atoms with Gasteiger partial charge >= 0.3 is 0 Å². The van der Waals surface area contributed by atoms with Crippen molar-refractivity contribution in [2.45, 2.75) is 61.3 Å². The SMILES string of the molecule is Cc1cc(-c2cc(C)c(N3C(=O)c4ccc5c6ccc7c8c(ccc(c9ccc(c4c59)C3=O)c86)C(=O)N(c3c(C)cccc3C)C7=O)c(C)c2)cc(C)c1C1C(=O)c2ccc3c4ccc5c6c(ccc(c7ccc(c2c37)C1=O)c64)C(=O)N(c1c(C)cccc1C)C5=O. The van der Waals surface area contributed by atoms with Crippen molar-refractivity contribution in [3.63, 3.8) is 0 Å². The second kappa shape index (κ2) is 18.1. The molecule has 3 aliphatic heterocycles. The van der Waals surface area contributed by atoms with E-state index in [0.717, 1.165) is 109 Å². The smallest absolute Gasteiger partial charge is 0.266 e. The average Bonchev–Trinajstić information content (AvgIpc) is 0.694. The first kappa shape index (κ1) is 53.5. The van der Waals surface area contributed by atoms with Crippen molar-refractivity contribution < 1.29 is 38.4 Å². The molecule has 0 unspecified atom stereocenters. The average molecular weight is 1190 g/mol. The van der Waals surface area contributed by atoms with Gasteiger partial charge in [-0.1, -0.05) is 109 Å². The maximum absolute atomic E-state index is 15.2. The molecule has 11 nitrogen and oxygen atoms in total. The standard InChI is InChI=1S/C81H51N3O8/c1-35-11-9-12-36(2)71(35)82-76(87)55-25-17-47-45-15-23-53-66-54(24-16-46(62(45)66)48-18-26-56(77(82)88)67(55)63(47)48)75(86)70(74(53)85)61-39(5)31-43(32-40(61)6)44-33-41(7)73(42(8)34-44)84-80(91)59-29-21-51-49-19-27-57-68-58(79(90)83(78(57)89)72-37(3)13-10-14-38(72)4)28-20-50(64(49)68)52-22-30-60(81(84)92)69(59)65(51)52/h9-34,70H,1-8H3. The minimum absolute atomic E-state index is 0.292. The first-order valence-electron chi connectivity index (χ1n) is 30.8. The Hall–Kier alpha value is -11.6. The lowest BCUT2D eigenvalue weighted by Crippen LogP contribution is -2.41. The Balaban J connectivity index is 0.677. The fourth-order valence-corrected chi connectivity index (χ4v) is 16.9. The van der Waals surface area contributed by atoms with Gasteiger partial charge in [0.2, 0.25) is 0 Å². The summed E-state index contributed by atoms with van der Waals surface area (Å²) in [7, 11) is 0. The maximum atomic E-state index is 15.2. The lowest BCUT2D eigenvalue weighted by atomic mass is 9.72. The van der Waals surface area contributed by atoms with Crippen LogP contribution in [-0.2, 0) is 0 Å². The van der Waals surface area contributed by atoms with Crippen LogP contribution in [-0.4, -0.2) is 47.0 Å². The van der Waals surface area contributed by atoms with Crippen molar-refractivity contribution in [3.05, 3.63) is 252 Å². The van der Waals surface area contributed by atoms with Crippen LogP contribution >= 0.6 is 0 Å². The Morgan fingerprint density at radius 3 is 0.717 bits per heavy atom. The molecule has 0 fully saturated rings. The molecule has 0 N–H and O–H groups in total. The van der Waals surface area contributed by atoms with Crippen LogP contribution in [0.2, 0.25) is 0 Å². The van der Waals surface area contributed by atoms with Gasteiger partial charge in [0, 0.05) is 66.1 Å². The van der Waals surface area contributed by atoms with Gasteiger partial charge in [0.1, 0.15) is 5.92 Å². The fraction of sp³-hybridized carbons (Fsp3) is 0.111. The summed E-state index contributed by atoms with van der Waals surface area (Å²) < 4.78 is 0. The van der Waals surface area contributed by atoms with Crippen molar-refractivity contribution >= 4 is 150 Å². The zero-order valence-corrected chi connectivity index (χ0v) is 51.2. The highest BCUT2D eigenvalue weighted by Crippen LogP contribution is 2.52. The van der Waals surface area contributed by atoms with Crippen molar-refractivity contribution in [2.75, 3.05) is 14.7 Å². The third-order valence-electron chi connectivity index (χ3n) is 20.7. The van der Waals surface area contributed by atoms with E-state index in [1.54, 1.807) is 36.4 Å². The van der Waals surface area contributed by atoms with Gasteiger partial charge in [-0.15, -0.1) is 0 Å². The Kier molecular flexibility index (Phi) is 10.5. The monoisotopic (exact) mass is 1190 g/mol. The molecule has 18 rings (SSSR count). The van der Waals surface area contributed by atoms with Crippen LogP contribution < -0.4 is 14.7 Å². The normalized spacial score (nSPS) is 15.0. The molecule has 0 bridgehead atoms. The lowest BCUT2D eigenvalue weighted by Gasteiger charge is -2.32. The van der Waals surface area contributed by atoms with Crippen LogP contribution in [0.4, 0.5) is 17.1 Å². The number of hydrogen-bond acceptors (Lipinski definition) is 8. The molecule has 14 aromatic rings. The number of imide groups is 3. The topological polar surface area (TPSA) is 146 Å². The Labute approximate surface area is 525 Å². The van der Waals surface area contributed by atoms with E-state index in [4.69, 9.17) is 0 Å². The molecule has 0 spiro atoms. The molecule has 0 saturated heterocycles. The molecule has 1 aliphatic carbocycles. The molecule has 4 aliphatic rings. The van der Waals surface area contributed by atoms with E-state index in [1.807, 2.05) is 177 Å². The van der Waals surface area contributed by atoms with Gasteiger partial charge in [0.15, 0.2) is 11.6 Å². The minimum Gasteiger partial charge on any atom is -0.293 e. The highest BCUT2D eigenvalue weighted by molar-refractivity contribution is 6.47.